The summed E-state index contributed by atoms with van der Waals surface area (Å²) in [4.78, 5) is 11.7. The molecule has 0 spiro atoms. The van der Waals surface area contributed by atoms with Crippen LogP contribution in [0, 0.1) is 0 Å². The zero-order valence-corrected chi connectivity index (χ0v) is 28.1. The molecule has 0 amide bonds. The molecule has 4 N–H and O–H groups in total. The molecule has 2 heterocycles. The van der Waals surface area contributed by atoms with Crippen molar-refractivity contribution in [3.05, 3.63) is 23.8 Å². The Morgan fingerprint density at radius 3 is 2.09 bits per heavy atom. The van der Waals surface area contributed by atoms with Gasteiger partial charge in [0.25, 0.3) is 0 Å². The average Bonchev–Trinajstić information content (AvgIpc) is 3.60. The van der Waals surface area contributed by atoms with E-state index in [1.54, 1.807) is 6.08 Å². The highest BCUT2D eigenvalue weighted by Gasteiger charge is 2.31. The second-order valence-electron chi connectivity index (χ2n) is 13.5. The minimum Gasteiger partial charge on any atom is -0.455 e. The molecule has 7 nitrogen and oxygen atoms in total. The Bertz CT molecular complexity index is 797. The standard InChI is InChI=1S/C37H66O7/c1-3-4-5-6-7-8-9-10-11-12-13-14-15-19-22-33(39)34(40)24-25-35(41)36-26-23-32(44-36)21-18-16-17-20-31(38)28-30-27-29(2)43-37(30)42/h14-15,27,29,31-36,38-41H,3-13,16-26,28H2,1-2H3/b15-14-/t29-,31+,32+,33+,34+,35-,36-/m0/s1. The van der Waals surface area contributed by atoms with Crippen LogP contribution in [-0.2, 0) is 14.3 Å². The lowest BCUT2D eigenvalue weighted by molar-refractivity contribution is -0.139. The van der Waals surface area contributed by atoms with E-state index in [1.807, 2.05) is 6.92 Å². The molecule has 2 aliphatic rings. The van der Waals surface area contributed by atoms with E-state index in [4.69, 9.17) is 9.47 Å². The quantitative estimate of drug-likeness (QED) is 0.0423. The van der Waals surface area contributed by atoms with Gasteiger partial charge in [0.15, 0.2) is 0 Å². The molecule has 0 unspecified atom stereocenters. The minimum atomic E-state index is -0.827. The molecule has 0 aromatic heterocycles. The van der Waals surface area contributed by atoms with E-state index < -0.39 is 24.4 Å². The van der Waals surface area contributed by atoms with Gasteiger partial charge in [0.05, 0.1) is 36.6 Å². The highest BCUT2D eigenvalue weighted by molar-refractivity contribution is 5.90. The number of allylic oxidation sites excluding steroid dienone is 2. The van der Waals surface area contributed by atoms with Gasteiger partial charge in [-0.25, -0.2) is 4.79 Å². The Morgan fingerprint density at radius 1 is 0.773 bits per heavy atom. The van der Waals surface area contributed by atoms with Gasteiger partial charge in [0.2, 0.25) is 0 Å². The van der Waals surface area contributed by atoms with Gasteiger partial charge in [-0.3, -0.25) is 0 Å². The van der Waals surface area contributed by atoms with E-state index in [-0.39, 0.29) is 24.3 Å². The first kappa shape index (κ1) is 38.9. The minimum absolute atomic E-state index is 0.141. The van der Waals surface area contributed by atoms with E-state index in [9.17, 15) is 25.2 Å². The predicted octanol–water partition coefficient (Wildman–Crippen LogP) is 7.62. The summed E-state index contributed by atoms with van der Waals surface area (Å²) in [5.41, 5.74) is 0.582. The Hall–Kier alpha value is -1.25. The molecule has 7 atom stereocenters. The SMILES string of the molecule is CCCCCCCCCCCC/C=C\CC[C@@H](O)[C@H](O)CC[C@H](O)[C@@H]1CC[C@@H](CCCCC[C@@H](O)CC2=C[C@H](C)OC2=O)O1. The summed E-state index contributed by atoms with van der Waals surface area (Å²) in [6, 6.07) is 0. The van der Waals surface area contributed by atoms with Crippen molar-refractivity contribution in [3.8, 4) is 0 Å². The van der Waals surface area contributed by atoms with Gasteiger partial charge in [0, 0.05) is 12.0 Å². The maximum absolute atomic E-state index is 11.7. The van der Waals surface area contributed by atoms with Gasteiger partial charge in [-0.05, 0) is 77.2 Å². The largest absolute Gasteiger partial charge is 0.455 e. The number of hydrogen-bond donors (Lipinski definition) is 4. The molecular weight excluding hydrogens is 556 g/mol. The number of carbonyl (C=O) groups excluding carboxylic acids is 1. The van der Waals surface area contributed by atoms with Crippen LogP contribution in [0.2, 0.25) is 0 Å². The maximum atomic E-state index is 11.7. The first-order chi connectivity index (χ1) is 21.3. The lowest BCUT2D eigenvalue weighted by Crippen LogP contribution is -2.31. The van der Waals surface area contributed by atoms with E-state index in [0.29, 0.717) is 37.7 Å². The number of unbranched alkanes of at least 4 members (excludes halogenated alkanes) is 12. The molecule has 0 aromatic carbocycles. The van der Waals surface area contributed by atoms with Crippen LogP contribution in [0.25, 0.3) is 0 Å². The van der Waals surface area contributed by atoms with E-state index >= 15 is 0 Å². The van der Waals surface area contributed by atoms with Crippen molar-refractivity contribution in [2.24, 2.45) is 0 Å². The van der Waals surface area contributed by atoms with Crippen LogP contribution in [0.15, 0.2) is 23.8 Å². The zero-order valence-electron chi connectivity index (χ0n) is 28.1. The van der Waals surface area contributed by atoms with Crippen LogP contribution in [-0.4, -0.2) is 69.1 Å². The highest BCUT2D eigenvalue weighted by Crippen LogP contribution is 2.28. The first-order valence-electron chi connectivity index (χ1n) is 18.2. The maximum Gasteiger partial charge on any atom is 0.334 e. The summed E-state index contributed by atoms with van der Waals surface area (Å²) in [6.07, 6.45) is 26.3. The molecule has 0 aliphatic carbocycles. The lowest BCUT2D eigenvalue weighted by atomic mass is 9.98. The molecule has 0 aromatic rings. The van der Waals surface area contributed by atoms with Crippen molar-refractivity contribution in [2.75, 3.05) is 0 Å². The zero-order chi connectivity index (χ0) is 32.0. The molecule has 256 valence electrons. The Morgan fingerprint density at radius 2 is 1.41 bits per heavy atom. The van der Waals surface area contributed by atoms with E-state index in [1.165, 1.54) is 64.2 Å². The number of aliphatic hydroxyl groups excluding tert-OH is 4. The highest BCUT2D eigenvalue weighted by atomic mass is 16.5. The molecule has 2 rings (SSSR count). The van der Waals surface area contributed by atoms with Crippen LogP contribution in [0.3, 0.4) is 0 Å². The third kappa shape index (κ3) is 17.4. The average molecular weight is 623 g/mol. The van der Waals surface area contributed by atoms with Crippen molar-refractivity contribution in [1.82, 2.24) is 0 Å². The Labute approximate surface area is 268 Å². The summed E-state index contributed by atoms with van der Waals surface area (Å²) < 4.78 is 11.2. The summed E-state index contributed by atoms with van der Waals surface area (Å²) in [5.74, 6) is -0.310. The van der Waals surface area contributed by atoms with Crippen LogP contribution in [0.4, 0.5) is 0 Å². The van der Waals surface area contributed by atoms with Gasteiger partial charge in [-0.1, -0.05) is 96.1 Å². The number of hydrogen-bond acceptors (Lipinski definition) is 7. The van der Waals surface area contributed by atoms with Crippen LogP contribution in [0.5, 0.6) is 0 Å². The molecule has 7 heteroatoms. The Balaban J connectivity index is 1.43. The summed E-state index contributed by atoms with van der Waals surface area (Å²) in [6.45, 7) is 4.08. The van der Waals surface area contributed by atoms with Gasteiger partial charge in [-0.15, -0.1) is 0 Å². The normalized spacial score (nSPS) is 23.2. The first-order valence-corrected chi connectivity index (χ1v) is 18.2. The fraction of sp³-hybridized carbons (Fsp3) is 0.865. The second kappa shape index (κ2) is 24.0. The number of carbonyl (C=O) groups is 1. The topological polar surface area (TPSA) is 116 Å². The number of cyclic esters (lactones) is 1. The van der Waals surface area contributed by atoms with Crippen LogP contribution < -0.4 is 0 Å². The van der Waals surface area contributed by atoms with Crippen molar-refractivity contribution in [2.45, 2.75) is 204 Å². The molecule has 0 radical (unpaired) electrons. The lowest BCUT2D eigenvalue weighted by Gasteiger charge is -2.22. The van der Waals surface area contributed by atoms with Gasteiger partial charge >= 0.3 is 5.97 Å². The van der Waals surface area contributed by atoms with Gasteiger partial charge in [0.1, 0.15) is 6.10 Å². The fourth-order valence-corrected chi connectivity index (χ4v) is 6.46. The molecule has 1 fully saturated rings. The third-order valence-electron chi connectivity index (χ3n) is 9.30. The summed E-state index contributed by atoms with van der Waals surface area (Å²) >= 11 is 0. The predicted molar refractivity (Wildman–Crippen MR) is 177 cm³/mol. The summed E-state index contributed by atoms with van der Waals surface area (Å²) in [5, 5.41) is 41.6. The summed E-state index contributed by atoms with van der Waals surface area (Å²) in [7, 11) is 0. The molecule has 1 saturated heterocycles. The number of aliphatic hydroxyl groups is 4. The molecule has 44 heavy (non-hydrogen) atoms. The van der Waals surface area contributed by atoms with Crippen molar-refractivity contribution in [1.29, 1.82) is 0 Å². The Kier molecular flexibility index (Phi) is 21.2. The van der Waals surface area contributed by atoms with Crippen molar-refractivity contribution >= 4 is 5.97 Å². The van der Waals surface area contributed by atoms with Gasteiger partial charge in [-0.2, -0.15) is 0 Å². The number of rotatable bonds is 27. The van der Waals surface area contributed by atoms with Crippen molar-refractivity contribution < 1.29 is 34.7 Å². The molecular formula is C37H66O7. The van der Waals surface area contributed by atoms with Gasteiger partial charge < -0.3 is 29.9 Å². The van der Waals surface area contributed by atoms with Crippen molar-refractivity contribution in [3.63, 3.8) is 0 Å². The number of esters is 1. The van der Waals surface area contributed by atoms with Crippen LogP contribution in [0.1, 0.15) is 162 Å². The second-order valence-corrected chi connectivity index (χ2v) is 13.5. The smallest absolute Gasteiger partial charge is 0.334 e. The molecule has 0 saturated carbocycles. The third-order valence-corrected chi connectivity index (χ3v) is 9.30. The fourth-order valence-electron chi connectivity index (χ4n) is 6.46. The molecule has 2 aliphatic heterocycles. The van der Waals surface area contributed by atoms with E-state index in [2.05, 4.69) is 19.1 Å². The monoisotopic (exact) mass is 622 g/mol. The van der Waals surface area contributed by atoms with E-state index in [0.717, 1.165) is 51.4 Å². The molecule has 0 bridgehead atoms. The number of ether oxygens (including phenoxy) is 2. The van der Waals surface area contributed by atoms with Crippen LogP contribution >= 0.6 is 0 Å².